The van der Waals surface area contributed by atoms with Gasteiger partial charge in [-0.15, -0.1) is 13.2 Å². The number of carbonyl (C=O) groups excluding carboxylic acids is 5. The molecule has 5 N–H and O–H groups in total. The van der Waals surface area contributed by atoms with Crippen LogP contribution in [0.2, 0.25) is 0 Å². The first-order valence-electron chi connectivity index (χ1n) is 18.7. The van der Waals surface area contributed by atoms with E-state index >= 15 is 0 Å². The number of hydrogen-bond donors (Lipinski definition) is 5. The molecule has 3 rings (SSSR count). The summed E-state index contributed by atoms with van der Waals surface area (Å²) in [6.45, 7) is 7.35. The van der Waals surface area contributed by atoms with E-state index in [-0.39, 0.29) is 45.7 Å². The minimum absolute atomic E-state index is 0.00776. The number of allylic oxidation sites excluding steroid dienone is 1. The third-order valence-electron chi connectivity index (χ3n) is 8.59. The van der Waals surface area contributed by atoms with Gasteiger partial charge in [0, 0.05) is 13.0 Å². The lowest BCUT2D eigenvalue weighted by Crippen LogP contribution is -2.46. The van der Waals surface area contributed by atoms with Gasteiger partial charge in [-0.1, -0.05) is 103 Å². The summed E-state index contributed by atoms with van der Waals surface area (Å²) in [7, 11) is 0. The molecule has 4 amide bonds. The summed E-state index contributed by atoms with van der Waals surface area (Å²) in [5, 5.41) is 20.9. The Kier molecular flexibility index (Phi) is 20.6. The van der Waals surface area contributed by atoms with E-state index in [1.54, 1.807) is 18.2 Å². The third kappa shape index (κ3) is 17.9. The molecule has 3 aromatic carbocycles. The summed E-state index contributed by atoms with van der Waals surface area (Å²) in [6.07, 6.45) is 3.55. The number of alkyl carbamates (subject to hydrolysis) is 2. The summed E-state index contributed by atoms with van der Waals surface area (Å²) in [5.74, 6) is -2.40. The van der Waals surface area contributed by atoms with E-state index in [0.29, 0.717) is 32.2 Å². The summed E-state index contributed by atoms with van der Waals surface area (Å²) in [6, 6.07) is 25.5. The van der Waals surface area contributed by atoms with Crippen LogP contribution in [0.1, 0.15) is 55.2 Å². The monoisotopic (exact) mass is 770 g/mol. The number of unbranched alkanes of at least 4 members (excludes halogenated alkanes) is 1. The molecule has 0 radical (unpaired) electrons. The Hall–Kier alpha value is -5.95. The quantitative estimate of drug-likeness (QED) is 0.0331. The molecule has 13 heteroatoms. The third-order valence-corrected chi connectivity index (χ3v) is 8.59. The molecule has 0 unspecified atom stereocenters. The maximum atomic E-state index is 13.6. The van der Waals surface area contributed by atoms with Crippen molar-refractivity contribution in [3.63, 3.8) is 0 Å². The molecule has 13 nitrogen and oxygen atoms in total. The number of aliphatic hydroxyl groups is 1. The zero-order valence-corrected chi connectivity index (χ0v) is 31.7. The van der Waals surface area contributed by atoms with Gasteiger partial charge in [0.2, 0.25) is 11.8 Å². The number of benzene rings is 3. The first kappa shape index (κ1) is 44.4. The molecule has 300 valence electrons. The van der Waals surface area contributed by atoms with E-state index in [9.17, 15) is 29.1 Å². The van der Waals surface area contributed by atoms with Crippen molar-refractivity contribution < 1.29 is 43.3 Å². The summed E-state index contributed by atoms with van der Waals surface area (Å²) >= 11 is 0. The van der Waals surface area contributed by atoms with Crippen LogP contribution in [-0.4, -0.2) is 73.0 Å². The average molecular weight is 771 g/mol. The number of aliphatic hydroxyl groups excluding tert-OH is 1. The van der Waals surface area contributed by atoms with Crippen molar-refractivity contribution in [1.29, 1.82) is 0 Å². The normalized spacial score (nSPS) is 12.7. The topological polar surface area (TPSA) is 181 Å². The fraction of sp³-hybridized carbons (Fsp3) is 0.372. The highest BCUT2D eigenvalue weighted by molar-refractivity contribution is 5.86. The van der Waals surface area contributed by atoms with Gasteiger partial charge in [-0.25, -0.2) is 14.4 Å². The molecule has 0 bridgehead atoms. The van der Waals surface area contributed by atoms with Gasteiger partial charge in [0.15, 0.2) is 0 Å². The maximum absolute atomic E-state index is 13.6. The molecule has 0 aliphatic rings. The van der Waals surface area contributed by atoms with Crippen LogP contribution in [0.15, 0.2) is 116 Å². The summed E-state index contributed by atoms with van der Waals surface area (Å²) in [4.78, 5) is 64.6. The van der Waals surface area contributed by atoms with E-state index in [4.69, 9.17) is 14.2 Å². The number of esters is 1. The van der Waals surface area contributed by atoms with Gasteiger partial charge in [-0.2, -0.15) is 0 Å². The van der Waals surface area contributed by atoms with Crippen LogP contribution in [0.25, 0.3) is 0 Å². The van der Waals surface area contributed by atoms with Crippen LogP contribution in [0, 0.1) is 5.92 Å². The molecule has 0 spiro atoms. The zero-order chi connectivity index (χ0) is 40.4. The van der Waals surface area contributed by atoms with E-state index in [1.807, 2.05) is 78.9 Å². The van der Waals surface area contributed by atoms with Crippen LogP contribution in [0.4, 0.5) is 9.59 Å². The molecule has 0 aromatic heterocycles. The van der Waals surface area contributed by atoms with Gasteiger partial charge in [-0.05, 0) is 55.2 Å². The van der Waals surface area contributed by atoms with Crippen LogP contribution in [-0.2, 0) is 48.2 Å². The van der Waals surface area contributed by atoms with Crippen molar-refractivity contribution in [1.82, 2.24) is 21.3 Å². The second-order valence-corrected chi connectivity index (χ2v) is 13.2. The second-order valence-electron chi connectivity index (χ2n) is 13.2. The molecular weight excluding hydrogens is 716 g/mol. The number of hydrogen-bond acceptors (Lipinski definition) is 9. The molecule has 0 saturated carbocycles. The van der Waals surface area contributed by atoms with Gasteiger partial charge in [0.05, 0.1) is 24.6 Å². The molecule has 0 aliphatic heterocycles. The zero-order valence-electron chi connectivity index (χ0n) is 31.7. The molecule has 4 atom stereocenters. The number of rotatable bonds is 25. The number of ether oxygens (including phenoxy) is 3. The first-order valence-corrected chi connectivity index (χ1v) is 18.7. The predicted octanol–water partition coefficient (Wildman–Crippen LogP) is 5.28. The van der Waals surface area contributed by atoms with E-state index in [2.05, 4.69) is 34.4 Å². The smallest absolute Gasteiger partial charge is 0.408 e. The summed E-state index contributed by atoms with van der Waals surface area (Å²) < 4.78 is 16.1. The number of nitrogens with one attached hydrogen (secondary N) is 4. The van der Waals surface area contributed by atoms with Crippen molar-refractivity contribution in [2.24, 2.45) is 5.92 Å². The van der Waals surface area contributed by atoms with Crippen molar-refractivity contribution in [2.45, 2.75) is 76.3 Å². The molecular formula is C43H54N4O9. The van der Waals surface area contributed by atoms with Gasteiger partial charge in [0.25, 0.3) is 0 Å². The second kappa shape index (κ2) is 26.0. The lowest BCUT2D eigenvalue weighted by molar-refractivity contribution is -0.147. The van der Waals surface area contributed by atoms with Crippen LogP contribution >= 0.6 is 0 Å². The van der Waals surface area contributed by atoms with Crippen LogP contribution in [0.3, 0.4) is 0 Å². The standard InChI is InChI=1S/C43H54N4O9/c1-3-16-35(27-39(49)45-37(28-48)26-32-18-8-5-9-19-32)40(50)46-36(24-14-15-25-44-42(52)55-29-33-20-10-6-11-21-33)31-54-41(51)38(17-4-2)47-43(53)56-30-34-22-12-7-13-23-34/h3-13,18-23,35-38,48H,1-2,14-17,24-31H2,(H,44,52)(H,45,49)(H,46,50)(H,47,53)/t35-,36-,37+,38+/m0/s1. The highest BCUT2D eigenvalue weighted by Gasteiger charge is 2.27. The van der Waals surface area contributed by atoms with E-state index in [0.717, 1.165) is 16.7 Å². The minimum atomic E-state index is -1.09. The van der Waals surface area contributed by atoms with Crippen LogP contribution in [0.5, 0.6) is 0 Å². The fourth-order valence-corrected chi connectivity index (χ4v) is 5.62. The molecule has 0 aliphatic carbocycles. The number of amides is 4. The van der Waals surface area contributed by atoms with Gasteiger partial charge < -0.3 is 40.6 Å². The van der Waals surface area contributed by atoms with Crippen molar-refractivity contribution in [3.8, 4) is 0 Å². The Labute approximate surface area is 328 Å². The van der Waals surface area contributed by atoms with Gasteiger partial charge >= 0.3 is 18.2 Å². The molecule has 0 fully saturated rings. The van der Waals surface area contributed by atoms with E-state index in [1.165, 1.54) is 6.08 Å². The molecule has 0 saturated heterocycles. The molecule has 56 heavy (non-hydrogen) atoms. The summed E-state index contributed by atoms with van der Waals surface area (Å²) in [5.41, 5.74) is 2.58. The van der Waals surface area contributed by atoms with Crippen molar-refractivity contribution in [2.75, 3.05) is 19.8 Å². The van der Waals surface area contributed by atoms with Gasteiger partial charge in [-0.3, -0.25) is 9.59 Å². The van der Waals surface area contributed by atoms with E-state index < -0.39 is 54.0 Å². The Bertz CT molecular complexity index is 1660. The Morgan fingerprint density at radius 3 is 1.80 bits per heavy atom. The Morgan fingerprint density at radius 1 is 0.661 bits per heavy atom. The lowest BCUT2D eigenvalue weighted by Gasteiger charge is -2.24. The van der Waals surface area contributed by atoms with Gasteiger partial charge in [0.1, 0.15) is 25.9 Å². The van der Waals surface area contributed by atoms with Crippen molar-refractivity contribution in [3.05, 3.63) is 133 Å². The molecule has 0 heterocycles. The fourth-order valence-electron chi connectivity index (χ4n) is 5.62. The predicted molar refractivity (Wildman–Crippen MR) is 212 cm³/mol. The Morgan fingerprint density at radius 2 is 1.23 bits per heavy atom. The minimum Gasteiger partial charge on any atom is -0.462 e. The first-order chi connectivity index (χ1) is 27.2. The number of carbonyl (C=O) groups is 5. The van der Waals surface area contributed by atoms with Crippen molar-refractivity contribution >= 4 is 30.0 Å². The van der Waals surface area contributed by atoms with Crippen LogP contribution < -0.4 is 21.3 Å². The maximum Gasteiger partial charge on any atom is 0.408 e. The highest BCUT2D eigenvalue weighted by atomic mass is 16.6. The lowest BCUT2D eigenvalue weighted by atomic mass is 9.98. The highest BCUT2D eigenvalue weighted by Crippen LogP contribution is 2.14. The Balaban J connectivity index is 1.59. The largest absolute Gasteiger partial charge is 0.462 e. The SMILES string of the molecule is C=CC[C@@H](CC(=O)N[C@@H](CO)Cc1ccccc1)C(=O)N[C@@H](CCCCNC(=O)OCc1ccccc1)COC(=O)[C@@H](CC=C)NC(=O)OCc1ccccc1. The molecule has 3 aromatic rings. The average Bonchev–Trinajstić information content (AvgIpc) is 3.21.